The molecule has 20 heavy (non-hydrogen) atoms. The Morgan fingerprint density at radius 3 is 2.15 bits per heavy atom. The average molecular weight is 279 g/mol. The van der Waals surface area contributed by atoms with Crippen molar-refractivity contribution < 1.29 is 4.74 Å². The third-order valence-corrected chi connectivity index (χ3v) is 3.13. The molecule has 1 N–H and O–H groups in total. The molecular weight excluding hydrogens is 250 g/mol. The van der Waals surface area contributed by atoms with Crippen LogP contribution in [0.15, 0.2) is 6.07 Å². The summed E-state index contributed by atoms with van der Waals surface area (Å²) in [4.78, 5) is 9.38. The minimum absolute atomic E-state index is 0.0158. The van der Waals surface area contributed by atoms with Gasteiger partial charge in [-0.25, -0.2) is 9.97 Å². The molecule has 114 valence electrons. The summed E-state index contributed by atoms with van der Waals surface area (Å²) < 4.78 is 5.65. The molecule has 0 saturated carbocycles. The van der Waals surface area contributed by atoms with Gasteiger partial charge in [0.25, 0.3) is 0 Å². The highest BCUT2D eigenvalue weighted by molar-refractivity contribution is 5.38. The van der Waals surface area contributed by atoms with E-state index < -0.39 is 0 Å². The van der Waals surface area contributed by atoms with Crippen LogP contribution in [0.2, 0.25) is 0 Å². The standard InChI is InChI=1S/C16H29N3O/c1-9-17-12-10-11(15(2,3)4)18-14(19-12)13(20-8)16(5,6)7/h10,13H,9H2,1-8H3,(H,17,18,19). The molecular formula is C16H29N3O. The summed E-state index contributed by atoms with van der Waals surface area (Å²) >= 11 is 0. The van der Waals surface area contributed by atoms with Crippen molar-refractivity contribution in [1.29, 1.82) is 0 Å². The van der Waals surface area contributed by atoms with Crippen LogP contribution in [0.1, 0.15) is 66.1 Å². The molecule has 0 aliphatic heterocycles. The summed E-state index contributed by atoms with van der Waals surface area (Å²) in [5.41, 5.74) is 0.969. The van der Waals surface area contributed by atoms with E-state index in [-0.39, 0.29) is 16.9 Å². The van der Waals surface area contributed by atoms with Crippen molar-refractivity contribution in [2.24, 2.45) is 5.41 Å². The van der Waals surface area contributed by atoms with Gasteiger partial charge in [-0.15, -0.1) is 0 Å². The first-order valence-corrected chi connectivity index (χ1v) is 7.25. The molecule has 1 aromatic rings. The van der Waals surface area contributed by atoms with Gasteiger partial charge < -0.3 is 10.1 Å². The molecule has 1 aromatic heterocycles. The minimum atomic E-state index is -0.123. The molecule has 0 aliphatic rings. The maximum absolute atomic E-state index is 5.65. The monoisotopic (exact) mass is 279 g/mol. The second-order valence-corrected chi connectivity index (χ2v) is 7.26. The Hall–Kier alpha value is -1.16. The number of rotatable bonds is 4. The number of anilines is 1. The Morgan fingerprint density at radius 2 is 1.75 bits per heavy atom. The fourth-order valence-electron chi connectivity index (χ4n) is 2.09. The molecule has 1 unspecified atom stereocenters. The number of nitrogens with zero attached hydrogens (tertiary/aromatic N) is 2. The lowest BCUT2D eigenvalue weighted by molar-refractivity contribution is 0.00849. The van der Waals surface area contributed by atoms with Crippen LogP contribution in [0.5, 0.6) is 0 Å². The summed E-state index contributed by atoms with van der Waals surface area (Å²) in [6.07, 6.45) is -0.123. The van der Waals surface area contributed by atoms with Gasteiger partial charge in [0.1, 0.15) is 11.9 Å². The van der Waals surface area contributed by atoms with Crippen molar-refractivity contribution in [2.75, 3.05) is 19.0 Å². The van der Waals surface area contributed by atoms with Crippen LogP contribution in [0, 0.1) is 5.41 Å². The fraction of sp³-hybridized carbons (Fsp3) is 0.750. The first kappa shape index (κ1) is 16.9. The van der Waals surface area contributed by atoms with E-state index in [1.165, 1.54) is 0 Å². The van der Waals surface area contributed by atoms with Gasteiger partial charge in [-0.2, -0.15) is 0 Å². The van der Waals surface area contributed by atoms with Gasteiger partial charge in [-0.05, 0) is 12.3 Å². The van der Waals surface area contributed by atoms with Crippen molar-refractivity contribution in [1.82, 2.24) is 9.97 Å². The van der Waals surface area contributed by atoms with E-state index in [1.54, 1.807) is 7.11 Å². The first-order chi connectivity index (χ1) is 9.09. The molecule has 1 rings (SSSR count). The van der Waals surface area contributed by atoms with Crippen molar-refractivity contribution >= 4 is 5.82 Å². The Balaban J connectivity index is 3.34. The van der Waals surface area contributed by atoms with Gasteiger partial charge in [0.2, 0.25) is 0 Å². The molecule has 1 atom stereocenters. The van der Waals surface area contributed by atoms with E-state index in [2.05, 4.69) is 58.8 Å². The lowest BCUT2D eigenvalue weighted by Gasteiger charge is -2.29. The quantitative estimate of drug-likeness (QED) is 0.907. The number of aromatic nitrogens is 2. The van der Waals surface area contributed by atoms with Crippen LogP contribution in [0.25, 0.3) is 0 Å². The third kappa shape index (κ3) is 4.17. The minimum Gasteiger partial charge on any atom is -0.373 e. The number of ether oxygens (including phenoxy) is 1. The zero-order chi connectivity index (χ0) is 15.6. The Labute approximate surface area is 123 Å². The zero-order valence-electron chi connectivity index (χ0n) is 14.2. The Kier molecular flexibility index (Phi) is 5.14. The summed E-state index contributed by atoms with van der Waals surface area (Å²) in [6, 6.07) is 2.03. The molecule has 0 fully saturated rings. The van der Waals surface area contributed by atoms with Gasteiger partial charge in [-0.1, -0.05) is 41.5 Å². The smallest absolute Gasteiger partial charge is 0.160 e. The van der Waals surface area contributed by atoms with E-state index in [9.17, 15) is 0 Å². The van der Waals surface area contributed by atoms with Crippen LogP contribution in [-0.4, -0.2) is 23.6 Å². The predicted molar refractivity (Wildman–Crippen MR) is 84.1 cm³/mol. The molecule has 4 nitrogen and oxygen atoms in total. The molecule has 0 spiro atoms. The highest BCUT2D eigenvalue weighted by atomic mass is 16.5. The predicted octanol–water partition coefficient (Wildman–Crippen LogP) is 3.94. The zero-order valence-corrected chi connectivity index (χ0v) is 14.2. The molecule has 0 saturated heterocycles. The molecule has 0 aromatic carbocycles. The molecule has 0 aliphatic carbocycles. The lowest BCUT2D eigenvalue weighted by atomic mass is 9.87. The SMILES string of the molecule is CCNc1cc(C(C)(C)C)nc(C(OC)C(C)(C)C)n1. The van der Waals surface area contributed by atoms with Gasteiger partial charge in [0, 0.05) is 25.1 Å². The molecule has 0 radical (unpaired) electrons. The highest BCUT2D eigenvalue weighted by Gasteiger charge is 2.30. The highest BCUT2D eigenvalue weighted by Crippen LogP contribution is 2.35. The van der Waals surface area contributed by atoms with E-state index in [0.29, 0.717) is 0 Å². The van der Waals surface area contributed by atoms with Crippen molar-refractivity contribution in [3.63, 3.8) is 0 Å². The molecule has 4 heteroatoms. The van der Waals surface area contributed by atoms with Gasteiger partial charge >= 0.3 is 0 Å². The summed E-state index contributed by atoms with van der Waals surface area (Å²) in [6.45, 7) is 15.8. The number of nitrogens with one attached hydrogen (secondary N) is 1. The van der Waals surface area contributed by atoms with E-state index in [0.717, 1.165) is 23.9 Å². The fourth-order valence-corrected chi connectivity index (χ4v) is 2.09. The van der Waals surface area contributed by atoms with Crippen LogP contribution in [0.4, 0.5) is 5.82 Å². The summed E-state index contributed by atoms with van der Waals surface area (Å²) in [7, 11) is 1.72. The number of hydrogen-bond acceptors (Lipinski definition) is 4. The van der Waals surface area contributed by atoms with E-state index in [1.807, 2.05) is 6.07 Å². The second kappa shape index (κ2) is 6.08. The van der Waals surface area contributed by atoms with Crippen molar-refractivity contribution in [2.45, 2.75) is 60.0 Å². The van der Waals surface area contributed by atoms with Gasteiger partial charge in [-0.3, -0.25) is 0 Å². The number of hydrogen-bond donors (Lipinski definition) is 1. The number of methoxy groups -OCH3 is 1. The average Bonchev–Trinajstić information content (AvgIpc) is 2.26. The maximum atomic E-state index is 5.65. The van der Waals surface area contributed by atoms with Crippen LogP contribution in [0.3, 0.4) is 0 Å². The van der Waals surface area contributed by atoms with Crippen molar-refractivity contribution in [3.8, 4) is 0 Å². The lowest BCUT2D eigenvalue weighted by Crippen LogP contribution is -2.25. The summed E-state index contributed by atoms with van der Waals surface area (Å²) in [5.74, 6) is 1.62. The van der Waals surface area contributed by atoms with E-state index in [4.69, 9.17) is 9.72 Å². The third-order valence-electron chi connectivity index (χ3n) is 3.13. The summed E-state index contributed by atoms with van der Waals surface area (Å²) in [5, 5.41) is 3.28. The molecule has 0 bridgehead atoms. The topological polar surface area (TPSA) is 47.0 Å². The van der Waals surface area contributed by atoms with Gasteiger partial charge in [0.15, 0.2) is 5.82 Å². The second-order valence-electron chi connectivity index (χ2n) is 7.26. The van der Waals surface area contributed by atoms with Crippen LogP contribution in [-0.2, 0) is 10.2 Å². The van der Waals surface area contributed by atoms with Crippen LogP contribution < -0.4 is 5.32 Å². The molecule has 1 heterocycles. The van der Waals surface area contributed by atoms with E-state index >= 15 is 0 Å². The molecule has 0 amide bonds. The van der Waals surface area contributed by atoms with Crippen LogP contribution >= 0.6 is 0 Å². The normalized spacial score (nSPS) is 14.2. The Morgan fingerprint density at radius 1 is 1.15 bits per heavy atom. The first-order valence-electron chi connectivity index (χ1n) is 7.25. The van der Waals surface area contributed by atoms with Crippen molar-refractivity contribution in [3.05, 3.63) is 17.6 Å². The Bertz CT molecular complexity index is 444. The maximum Gasteiger partial charge on any atom is 0.160 e. The van der Waals surface area contributed by atoms with Gasteiger partial charge in [0.05, 0.1) is 5.69 Å². The largest absolute Gasteiger partial charge is 0.373 e.